The zero-order valence-electron chi connectivity index (χ0n) is 50.8. The number of carbonyl (C=O) groups excluding carboxylic acids is 3. The number of ether oxygens (including phenoxy) is 3. The molecule has 0 heterocycles. The molecule has 0 radical (unpaired) electrons. The fourth-order valence-corrected chi connectivity index (χ4v) is 9.83. The summed E-state index contributed by atoms with van der Waals surface area (Å²) in [6.45, 7) is 6.55. The summed E-state index contributed by atoms with van der Waals surface area (Å²) in [5.74, 6) is -0.896. The lowest BCUT2D eigenvalue weighted by molar-refractivity contribution is -0.167. The van der Waals surface area contributed by atoms with Gasteiger partial charge < -0.3 is 14.2 Å². The number of allylic oxidation sites excluding steroid dienone is 10. The van der Waals surface area contributed by atoms with E-state index in [4.69, 9.17) is 14.2 Å². The first kappa shape index (κ1) is 73.1. The fourth-order valence-electron chi connectivity index (χ4n) is 9.83. The van der Waals surface area contributed by atoms with Gasteiger partial charge in [0.2, 0.25) is 0 Å². The van der Waals surface area contributed by atoms with Crippen molar-refractivity contribution < 1.29 is 28.6 Å². The second kappa shape index (κ2) is 64.6. The summed E-state index contributed by atoms with van der Waals surface area (Å²) in [6.07, 6.45) is 82.5. The molecule has 0 aliphatic heterocycles. The van der Waals surface area contributed by atoms with Crippen molar-refractivity contribution in [3.8, 4) is 0 Å². The van der Waals surface area contributed by atoms with Crippen molar-refractivity contribution in [2.45, 2.75) is 354 Å². The summed E-state index contributed by atoms with van der Waals surface area (Å²) >= 11 is 0. The molecule has 0 aromatic rings. The SMILES string of the molecule is CC/C=C\C/C=C\C/C=C\C/C=C\C/C=C\CCCCCC(=O)OC(COC(=O)CCCCCCCCCCCCCC)COC(=O)CCCCCCCCCCCCCCCCCCCCCCCCCCCCC. The zero-order valence-corrected chi connectivity index (χ0v) is 50.8. The highest BCUT2D eigenvalue weighted by molar-refractivity contribution is 5.71. The number of unbranched alkanes of at least 4 members (excludes halogenated alkanes) is 40. The van der Waals surface area contributed by atoms with Crippen molar-refractivity contribution in [3.05, 3.63) is 60.8 Å². The number of hydrogen-bond donors (Lipinski definition) is 0. The number of esters is 3. The van der Waals surface area contributed by atoms with Crippen LogP contribution in [0, 0.1) is 0 Å². The van der Waals surface area contributed by atoms with E-state index in [1.54, 1.807) is 0 Å². The molecule has 1 atom stereocenters. The molecule has 6 nitrogen and oxygen atoms in total. The first-order valence-electron chi connectivity index (χ1n) is 33.3. The highest BCUT2D eigenvalue weighted by Gasteiger charge is 2.19. The molecule has 0 aliphatic rings. The Kier molecular flexibility index (Phi) is 62.2. The monoisotopic (exact) mass is 1060 g/mol. The second-order valence-corrected chi connectivity index (χ2v) is 22.4. The first-order valence-corrected chi connectivity index (χ1v) is 33.3. The third kappa shape index (κ3) is 62.0. The molecule has 6 heteroatoms. The molecule has 0 aromatic heterocycles. The molecular weight excluding hydrogens is 937 g/mol. The standard InChI is InChI=1S/C70H126O6/c1-4-7-10-13-16-19-22-25-27-29-31-32-33-34-35-36-37-38-40-41-43-45-48-51-54-57-60-63-69(72)75-66-67(65-74-68(71)62-59-56-53-50-47-24-21-18-15-12-9-6-3)76-70(73)64-61-58-55-52-49-46-44-42-39-30-28-26-23-20-17-14-11-8-5-2/h8,11,17,20,26,28,39,42,46,49,67H,4-7,9-10,12-16,18-19,21-25,27,29-38,40-41,43-45,47-48,50-66H2,1-3H3/b11-8-,20-17-,28-26-,42-39-,49-46-. The Hall–Kier alpha value is -2.89. The summed E-state index contributed by atoms with van der Waals surface area (Å²) in [4.78, 5) is 38.3. The van der Waals surface area contributed by atoms with Crippen LogP contribution in [0.15, 0.2) is 60.8 Å². The van der Waals surface area contributed by atoms with Crippen LogP contribution in [0.5, 0.6) is 0 Å². The van der Waals surface area contributed by atoms with E-state index in [1.807, 2.05) is 0 Å². The summed E-state index contributed by atoms with van der Waals surface area (Å²) < 4.78 is 16.9. The van der Waals surface area contributed by atoms with Crippen LogP contribution in [0.2, 0.25) is 0 Å². The number of hydrogen-bond acceptors (Lipinski definition) is 6. The van der Waals surface area contributed by atoms with E-state index >= 15 is 0 Å². The van der Waals surface area contributed by atoms with E-state index in [2.05, 4.69) is 81.5 Å². The second-order valence-electron chi connectivity index (χ2n) is 22.4. The molecule has 0 aromatic carbocycles. The maximum Gasteiger partial charge on any atom is 0.306 e. The predicted molar refractivity (Wildman–Crippen MR) is 330 cm³/mol. The Morgan fingerprint density at radius 1 is 0.276 bits per heavy atom. The lowest BCUT2D eigenvalue weighted by atomic mass is 10.0. The summed E-state index contributed by atoms with van der Waals surface area (Å²) in [6, 6.07) is 0. The molecule has 0 saturated heterocycles. The third-order valence-corrected chi connectivity index (χ3v) is 14.8. The van der Waals surface area contributed by atoms with Gasteiger partial charge in [0.15, 0.2) is 6.10 Å². The van der Waals surface area contributed by atoms with Gasteiger partial charge in [-0.1, -0.05) is 326 Å². The van der Waals surface area contributed by atoms with Crippen molar-refractivity contribution >= 4 is 17.9 Å². The molecule has 0 bridgehead atoms. The van der Waals surface area contributed by atoms with Crippen LogP contribution in [0.3, 0.4) is 0 Å². The van der Waals surface area contributed by atoms with Gasteiger partial charge in [-0.3, -0.25) is 14.4 Å². The van der Waals surface area contributed by atoms with Crippen molar-refractivity contribution in [3.63, 3.8) is 0 Å². The van der Waals surface area contributed by atoms with Gasteiger partial charge >= 0.3 is 17.9 Å². The van der Waals surface area contributed by atoms with Gasteiger partial charge in [-0.25, -0.2) is 0 Å². The van der Waals surface area contributed by atoms with Crippen LogP contribution in [-0.4, -0.2) is 37.2 Å². The van der Waals surface area contributed by atoms with E-state index < -0.39 is 6.10 Å². The van der Waals surface area contributed by atoms with Gasteiger partial charge in [0.05, 0.1) is 0 Å². The van der Waals surface area contributed by atoms with Crippen molar-refractivity contribution in [2.24, 2.45) is 0 Å². The van der Waals surface area contributed by atoms with E-state index in [-0.39, 0.29) is 31.1 Å². The summed E-state index contributed by atoms with van der Waals surface area (Å²) in [7, 11) is 0. The highest BCUT2D eigenvalue weighted by atomic mass is 16.6. The van der Waals surface area contributed by atoms with Crippen LogP contribution < -0.4 is 0 Å². The lowest BCUT2D eigenvalue weighted by Gasteiger charge is -2.18. The minimum absolute atomic E-state index is 0.0833. The van der Waals surface area contributed by atoms with Gasteiger partial charge in [-0.2, -0.15) is 0 Å². The van der Waals surface area contributed by atoms with E-state index in [0.717, 1.165) is 96.3 Å². The molecule has 0 fully saturated rings. The van der Waals surface area contributed by atoms with Gasteiger partial charge in [0, 0.05) is 19.3 Å². The Morgan fingerprint density at radius 2 is 0.513 bits per heavy atom. The largest absolute Gasteiger partial charge is 0.462 e. The summed E-state index contributed by atoms with van der Waals surface area (Å²) in [5, 5.41) is 0. The normalized spacial score (nSPS) is 12.4. The maximum atomic E-state index is 12.9. The lowest BCUT2D eigenvalue weighted by Crippen LogP contribution is -2.30. The summed E-state index contributed by atoms with van der Waals surface area (Å²) in [5.41, 5.74) is 0. The topological polar surface area (TPSA) is 78.9 Å². The Balaban J connectivity index is 4.24. The molecule has 76 heavy (non-hydrogen) atoms. The minimum Gasteiger partial charge on any atom is -0.462 e. The predicted octanol–water partition coefficient (Wildman–Crippen LogP) is 22.7. The minimum atomic E-state index is -0.789. The van der Waals surface area contributed by atoms with Crippen molar-refractivity contribution in [1.29, 1.82) is 0 Å². The molecular formula is C70H126O6. The van der Waals surface area contributed by atoms with Gasteiger partial charge in [0.1, 0.15) is 13.2 Å². The molecule has 0 aliphatic carbocycles. The Labute approximate surface area is 472 Å². The number of rotatable bonds is 61. The van der Waals surface area contributed by atoms with Gasteiger partial charge in [0.25, 0.3) is 0 Å². The van der Waals surface area contributed by atoms with E-state index in [9.17, 15) is 14.4 Å². The molecule has 0 rings (SSSR count). The van der Waals surface area contributed by atoms with Crippen molar-refractivity contribution in [1.82, 2.24) is 0 Å². The molecule has 0 amide bonds. The first-order chi connectivity index (χ1) is 37.5. The Morgan fingerprint density at radius 3 is 0.803 bits per heavy atom. The Bertz CT molecular complexity index is 1360. The molecule has 442 valence electrons. The number of carbonyl (C=O) groups is 3. The highest BCUT2D eigenvalue weighted by Crippen LogP contribution is 2.18. The van der Waals surface area contributed by atoms with Crippen LogP contribution in [0.1, 0.15) is 348 Å². The molecule has 0 spiro atoms. The smallest absolute Gasteiger partial charge is 0.306 e. The van der Waals surface area contributed by atoms with E-state index in [1.165, 1.54) is 212 Å². The van der Waals surface area contributed by atoms with Crippen LogP contribution in [0.25, 0.3) is 0 Å². The average Bonchev–Trinajstić information content (AvgIpc) is 3.42. The van der Waals surface area contributed by atoms with Gasteiger partial charge in [-0.05, 0) is 64.2 Å². The molecule has 0 N–H and O–H groups in total. The van der Waals surface area contributed by atoms with Crippen LogP contribution in [-0.2, 0) is 28.6 Å². The quantitative estimate of drug-likeness (QED) is 0.0261. The fraction of sp³-hybridized carbons (Fsp3) is 0.814. The average molecular weight is 1060 g/mol. The third-order valence-electron chi connectivity index (χ3n) is 14.8. The van der Waals surface area contributed by atoms with E-state index in [0.29, 0.717) is 19.3 Å². The van der Waals surface area contributed by atoms with Crippen LogP contribution in [0.4, 0.5) is 0 Å². The van der Waals surface area contributed by atoms with Crippen LogP contribution >= 0.6 is 0 Å². The zero-order chi connectivity index (χ0) is 55.0. The van der Waals surface area contributed by atoms with Gasteiger partial charge in [-0.15, -0.1) is 0 Å². The maximum absolute atomic E-state index is 12.9. The van der Waals surface area contributed by atoms with Crippen molar-refractivity contribution in [2.75, 3.05) is 13.2 Å². The molecule has 0 saturated carbocycles. The molecule has 1 unspecified atom stereocenters.